The number of para-hydroxylation sites is 1. The highest BCUT2D eigenvalue weighted by atomic mass is 16.5. The second-order valence-corrected chi connectivity index (χ2v) is 6.09. The summed E-state index contributed by atoms with van der Waals surface area (Å²) < 4.78 is 5.97. The van der Waals surface area contributed by atoms with Crippen LogP contribution in [0.15, 0.2) is 48.5 Å². The fraction of sp³-hybridized carbons (Fsp3) is 0.333. The summed E-state index contributed by atoms with van der Waals surface area (Å²) in [5, 5.41) is 0. The molecule has 0 atom stereocenters. The molecule has 0 fully saturated rings. The molecule has 2 aromatic carbocycles. The summed E-state index contributed by atoms with van der Waals surface area (Å²) in [7, 11) is 4.21. The molecule has 0 aliphatic carbocycles. The molecule has 0 aliphatic heterocycles. The number of unbranched alkanes of at least 4 members (excludes halogenated alkanes) is 1. The highest BCUT2D eigenvalue weighted by Gasteiger charge is 2.00. The van der Waals surface area contributed by atoms with Gasteiger partial charge in [-0.15, -0.1) is 0 Å². The summed E-state index contributed by atoms with van der Waals surface area (Å²) in [6.07, 6.45) is 6.53. The number of hydrogen-bond donors (Lipinski definition) is 0. The van der Waals surface area contributed by atoms with Gasteiger partial charge in [-0.2, -0.15) is 0 Å². The van der Waals surface area contributed by atoms with E-state index in [0.29, 0.717) is 0 Å². The summed E-state index contributed by atoms with van der Waals surface area (Å²) in [6, 6.07) is 16.6. The van der Waals surface area contributed by atoms with Crippen molar-refractivity contribution in [1.82, 2.24) is 4.90 Å². The molecule has 0 aromatic heterocycles. The smallest absolute Gasteiger partial charge is 0.126 e. The first kappa shape index (κ1) is 17.3. The molecule has 0 aliphatic rings. The quantitative estimate of drug-likeness (QED) is 0.509. The molecule has 2 aromatic rings. The van der Waals surface area contributed by atoms with E-state index in [1.165, 1.54) is 11.1 Å². The third-order valence-corrected chi connectivity index (χ3v) is 3.81. The first-order valence-corrected chi connectivity index (χ1v) is 8.27. The zero-order valence-corrected chi connectivity index (χ0v) is 14.5. The Morgan fingerprint density at radius 3 is 2.26 bits per heavy atom. The van der Waals surface area contributed by atoms with Crippen molar-refractivity contribution in [3.8, 4) is 5.75 Å². The summed E-state index contributed by atoms with van der Waals surface area (Å²) in [5.74, 6) is 0.960. The average Bonchev–Trinajstić information content (AvgIpc) is 2.54. The number of ether oxygens (including phenoxy) is 1. The van der Waals surface area contributed by atoms with Gasteiger partial charge in [-0.1, -0.05) is 54.6 Å². The third-order valence-electron chi connectivity index (χ3n) is 3.81. The molecule has 2 nitrogen and oxygen atoms in total. The predicted molar refractivity (Wildman–Crippen MR) is 99.8 cm³/mol. The Hall–Kier alpha value is -2.06. The van der Waals surface area contributed by atoms with Crippen molar-refractivity contribution in [2.24, 2.45) is 0 Å². The highest BCUT2D eigenvalue weighted by molar-refractivity contribution is 5.73. The molecule has 122 valence electrons. The number of hydrogen-bond acceptors (Lipinski definition) is 2. The van der Waals surface area contributed by atoms with E-state index in [4.69, 9.17) is 4.74 Å². The molecule has 0 heterocycles. The van der Waals surface area contributed by atoms with Crippen LogP contribution in [-0.4, -0.2) is 32.1 Å². The first-order valence-electron chi connectivity index (χ1n) is 8.27. The van der Waals surface area contributed by atoms with Crippen LogP contribution in [0.1, 0.15) is 29.5 Å². The minimum Gasteiger partial charge on any atom is -0.493 e. The van der Waals surface area contributed by atoms with Gasteiger partial charge in [0.2, 0.25) is 0 Å². The molecule has 0 saturated heterocycles. The monoisotopic (exact) mass is 309 g/mol. The van der Waals surface area contributed by atoms with E-state index in [9.17, 15) is 0 Å². The van der Waals surface area contributed by atoms with E-state index >= 15 is 0 Å². The maximum absolute atomic E-state index is 5.97. The number of benzene rings is 2. The summed E-state index contributed by atoms with van der Waals surface area (Å²) in [5.41, 5.74) is 3.66. The summed E-state index contributed by atoms with van der Waals surface area (Å²) in [4.78, 5) is 2.21. The van der Waals surface area contributed by atoms with Crippen molar-refractivity contribution in [1.29, 1.82) is 0 Å². The van der Waals surface area contributed by atoms with Gasteiger partial charge in [0, 0.05) is 5.56 Å². The summed E-state index contributed by atoms with van der Waals surface area (Å²) >= 11 is 0. The Balaban J connectivity index is 1.96. The molecule has 0 unspecified atom stereocenters. The van der Waals surface area contributed by atoms with Gasteiger partial charge < -0.3 is 9.64 Å². The summed E-state index contributed by atoms with van der Waals surface area (Å²) in [6.45, 7) is 4.01. The van der Waals surface area contributed by atoms with Crippen molar-refractivity contribution >= 4 is 12.2 Å². The van der Waals surface area contributed by atoms with Gasteiger partial charge in [-0.05, 0) is 57.6 Å². The maximum atomic E-state index is 5.97. The lowest BCUT2D eigenvalue weighted by Crippen LogP contribution is -2.13. The molecule has 23 heavy (non-hydrogen) atoms. The molecular formula is C21H27NO. The van der Waals surface area contributed by atoms with Crippen LogP contribution in [0, 0.1) is 6.92 Å². The molecule has 0 N–H and O–H groups in total. The van der Waals surface area contributed by atoms with Gasteiger partial charge in [0.25, 0.3) is 0 Å². The molecule has 2 rings (SSSR count). The normalized spacial score (nSPS) is 11.3. The van der Waals surface area contributed by atoms with Crippen LogP contribution in [0.25, 0.3) is 12.2 Å². The second kappa shape index (κ2) is 9.16. The zero-order chi connectivity index (χ0) is 16.5. The second-order valence-electron chi connectivity index (χ2n) is 6.09. The third kappa shape index (κ3) is 5.91. The van der Waals surface area contributed by atoms with E-state index in [1.807, 2.05) is 12.1 Å². The lowest BCUT2D eigenvalue weighted by molar-refractivity contribution is 0.292. The Bertz CT molecular complexity index is 631. The van der Waals surface area contributed by atoms with E-state index in [-0.39, 0.29) is 0 Å². The molecule has 0 spiro atoms. The van der Waals surface area contributed by atoms with E-state index < -0.39 is 0 Å². The van der Waals surface area contributed by atoms with Crippen LogP contribution < -0.4 is 4.74 Å². The van der Waals surface area contributed by atoms with Crippen LogP contribution in [-0.2, 0) is 0 Å². The van der Waals surface area contributed by atoms with Crippen molar-refractivity contribution in [3.63, 3.8) is 0 Å². The van der Waals surface area contributed by atoms with Crippen LogP contribution in [0.3, 0.4) is 0 Å². The Morgan fingerprint density at radius 2 is 1.52 bits per heavy atom. The average molecular weight is 309 g/mol. The highest BCUT2D eigenvalue weighted by Crippen LogP contribution is 2.21. The van der Waals surface area contributed by atoms with Gasteiger partial charge in [-0.3, -0.25) is 0 Å². The Morgan fingerprint density at radius 1 is 0.870 bits per heavy atom. The standard InChI is InChI=1S/C21H27NO/c1-18-10-4-5-11-19(18)14-15-20-12-6-7-13-21(20)23-17-9-8-16-22(2)3/h4-7,10-15H,8-9,16-17H2,1-3H3/b15-14+. The fourth-order valence-corrected chi connectivity index (χ4v) is 2.42. The first-order chi connectivity index (χ1) is 11.2. The zero-order valence-electron chi connectivity index (χ0n) is 14.5. The number of nitrogens with zero attached hydrogens (tertiary/aromatic N) is 1. The van der Waals surface area contributed by atoms with Crippen molar-refractivity contribution in [3.05, 3.63) is 65.2 Å². The van der Waals surface area contributed by atoms with Gasteiger partial charge in [0.1, 0.15) is 5.75 Å². The van der Waals surface area contributed by atoms with Gasteiger partial charge in [0.15, 0.2) is 0 Å². The van der Waals surface area contributed by atoms with Crippen molar-refractivity contribution in [2.45, 2.75) is 19.8 Å². The lowest BCUT2D eigenvalue weighted by Gasteiger charge is -2.11. The van der Waals surface area contributed by atoms with Crippen LogP contribution in [0.5, 0.6) is 5.75 Å². The molecule has 0 amide bonds. The molecule has 0 radical (unpaired) electrons. The van der Waals surface area contributed by atoms with Crippen LogP contribution in [0.2, 0.25) is 0 Å². The van der Waals surface area contributed by atoms with Crippen LogP contribution >= 0.6 is 0 Å². The number of rotatable bonds is 8. The van der Waals surface area contributed by atoms with Crippen LogP contribution in [0.4, 0.5) is 0 Å². The number of aryl methyl sites for hydroxylation is 1. The largest absolute Gasteiger partial charge is 0.493 e. The Kier molecular flexibility index (Phi) is 6.89. The maximum Gasteiger partial charge on any atom is 0.126 e. The van der Waals surface area contributed by atoms with Crippen molar-refractivity contribution in [2.75, 3.05) is 27.2 Å². The molecular weight excluding hydrogens is 282 g/mol. The Labute approximate surface area is 140 Å². The minimum absolute atomic E-state index is 0.767. The fourth-order valence-electron chi connectivity index (χ4n) is 2.42. The van der Waals surface area contributed by atoms with E-state index in [1.54, 1.807) is 0 Å². The lowest BCUT2D eigenvalue weighted by atomic mass is 10.1. The van der Waals surface area contributed by atoms with Gasteiger partial charge in [-0.25, -0.2) is 0 Å². The van der Waals surface area contributed by atoms with Crippen molar-refractivity contribution < 1.29 is 4.74 Å². The minimum atomic E-state index is 0.767. The van der Waals surface area contributed by atoms with E-state index in [0.717, 1.165) is 37.3 Å². The SMILES string of the molecule is Cc1ccccc1/C=C/c1ccccc1OCCCCN(C)C. The molecule has 0 bridgehead atoms. The van der Waals surface area contributed by atoms with Gasteiger partial charge in [0.05, 0.1) is 6.61 Å². The van der Waals surface area contributed by atoms with E-state index in [2.05, 4.69) is 74.5 Å². The molecule has 0 saturated carbocycles. The predicted octanol–water partition coefficient (Wildman–Crippen LogP) is 4.89. The molecule has 2 heteroatoms. The van der Waals surface area contributed by atoms with Gasteiger partial charge >= 0.3 is 0 Å². The topological polar surface area (TPSA) is 12.5 Å².